The monoisotopic (exact) mass is 271 g/mol. The van der Waals surface area contributed by atoms with E-state index >= 15 is 0 Å². The molecule has 3 heteroatoms. The van der Waals surface area contributed by atoms with Gasteiger partial charge in [0.25, 0.3) is 0 Å². The zero-order valence-corrected chi connectivity index (χ0v) is 12.5. The molecule has 3 nitrogen and oxygen atoms in total. The lowest BCUT2D eigenvalue weighted by Crippen LogP contribution is -2.34. The number of hydrogen-bond acceptors (Lipinski definition) is 2. The highest BCUT2D eigenvalue weighted by molar-refractivity contribution is 5.75. The van der Waals surface area contributed by atoms with Crippen molar-refractivity contribution in [3.63, 3.8) is 0 Å². The first-order valence-electron chi connectivity index (χ1n) is 7.90. The molecule has 1 fully saturated rings. The predicted octanol–water partition coefficient (Wildman–Crippen LogP) is 3.36. The summed E-state index contributed by atoms with van der Waals surface area (Å²) in [5.41, 5.74) is 8.82. The maximum atomic E-state index is 6.49. The second kappa shape index (κ2) is 5.57. The topological polar surface area (TPSA) is 43.8 Å². The first-order chi connectivity index (χ1) is 9.70. The van der Waals surface area contributed by atoms with Crippen molar-refractivity contribution in [2.24, 2.45) is 17.6 Å². The number of aryl methyl sites for hydroxylation is 1. The molecule has 0 amide bonds. The molecule has 3 rings (SSSR count). The number of benzene rings is 1. The van der Waals surface area contributed by atoms with E-state index in [0.29, 0.717) is 5.92 Å². The summed E-state index contributed by atoms with van der Waals surface area (Å²) in [6.07, 6.45) is 4.86. The van der Waals surface area contributed by atoms with Crippen molar-refractivity contribution >= 4 is 11.0 Å². The molecule has 0 saturated heterocycles. The summed E-state index contributed by atoms with van der Waals surface area (Å²) in [6, 6.07) is 8.62. The largest absolute Gasteiger partial charge is 0.328 e. The van der Waals surface area contributed by atoms with E-state index in [0.717, 1.165) is 30.2 Å². The maximum Gasteiger partial charge on any atom is 0.111 e. The summed E-state index contributed by atoms with van der Waals surface area (Å²) in [6.45, 7) is 5.49. The normalized spacial score (nSPS) is 24.4. The third-order valence-electron chi connectivity index (χ3n) is 4.95. The zero-order chi connectivity index (χ0) is 14.1. The first-order valence-corrected chi connectivity index (χ1v) is 7.90. The van der Waals surface area contributed by atoms with Gasteiger partial charge in [-0.25, -0.2) is 4.98 Å². The predicted molar refractivity (Wildman–Crippen MR) is 83.6 cm³/mol. The van der Waals surface area contributed by atoms with Gasteiger partial charge in [-0.2, -0.15) is 0 Å². The van der Waals surface area contributed by atoms with Crippen LogP contribution >= 0.6 is 0 Å². The minimum absolute atomic E-state index is 0.245. The van der Waals surface area contributed by atoms with Crippen molar-refractivity contribution in [3.05, 3.63) is 30.1 Å². The molecule has 1 heterocycles. The third kappa shape index (κ3) is 2.35. The van der Waals surface area contributed by atoms with Gasteiger partial charge in [0.05, 0.1) is 11.0 Å². The molecule has 2 N–H and O–H groups in total. The maximum absolute atomic E-state index is 6.49. The van der Waals surface area contributed by atoms with Crippen molar-refractivity contribution in [2.75, 3.05) is 0 Å². The first kappa shape index (κ1) is 13.6. The Labute approximate surface area is 121 Å². The molecule has 1 aliphatic rings. The lowest BCUT2D eigenvalue weighted by atomic mass is 9.89. The van der Waals surface area contributed by atoms with E-state index < -0.39 is 0 Å². The van der Waals surface area contributed by atoms with E-state index in [9.17, 15) is 0 Å². The molecule has 1 aliphatic carbocycles. The van der Waals surface area contributed by atoms with Crippen LogP contribution in [0.15, 0.2) is 24.3 Å². The fourth-order valence-corrected chi connectivity index (χ4v) is 3.81. The fraction of sp³-hybridized carbons (Fsp3) is 0.588. The Morgan fingerprint density at radius 2 is 2.15 bits per heavy atom. The standard InChI is InChI=1S/C17H25N3/c1-3-20-16-10-5-4-9-15(16)19-17(20)11-14(18)13-8-6-7-12(13)2/h4-5,9-10,12-14H,3,6-8,11,18H2,1-2H3. The Balaban J connectivity index is 1.86. The number of aromatic nitrogens is 2. The molecule has 108 valence electrons. The van der Waals surface area contributed by atoms with Crippen LogP contribution in [0.2, 0.25) is 0 Å². The number of rotatable bonds is 4. The van der Waals surface area contributed by atoms with Gasteiger partial charge in [0, 0.05) is 19.0 Å². The van der Waals surface area contributed by atoms with Crippen LogP contribution < -0.4 is 5.73 Å². The van der Waals surface area contributed by atoms with E-state index in [2.05, 4.69) is 42.7 Å². The summed E-state index contributed by atoms with van der Waals surface area (Å²) in [5.74, 6) is 2.59. The van der Waals surface area contributed by atoms with E-state index in [1.165, 1.54) is 24.8 Å². The average Bonchev–Trinajstić information content (AvgIpc) is 3.01. The molecule has 3 atom stereocenters. The molecular formula is C17H25N3. The second-order valence-electron chi connectivity index (χ2n) is 6.20. The number of para-hydroxylation sites is 2. The highest BCUT2D eigenvalue weighted by atomic mass is 15.1. The molecule has 1 aromatic carbocycles. The molecule has 0 radical (unpaired) electrons. The number of nitrogens with zero attached hydrogens (tertiary/aromatic N) is 2. The van der Waals surface area contributed by atoms with E-state index in [-0.39, 0.29) is 6.04 Å². The SMILES string of the molecule is CCn1c(CC(N)C2CCCC2C)nc2ccccc21. The zero-order valence-electron chi connectivity index (χ0n) is 12.5. The van der Waals surface area contributed by atoms with Crippen molar-refractivity contribution in [1.82, 2.24) is 9.55 Å². The summed E-state index contributed by atoms with van der Waals surface area (Å²) in [5, 5.41) is 0. The minimum Gasteiger partial charge on any atom is -0.328 e. The highest BCUT2D eigenvalue weighted by Crippen LogP contribution is 2.34. The van der Waals surface area contributed by atoms with Gasteiger partial charge in [0.15, 0.2) is 0 Å². The minimum atomic E-state index is 0.245. The summed E-state index contributed by atoms with van der Waals surface area (Å²) < 4.78 is 2.31. The van der Waals surface area contributed by atoms with Gasteiger partial charge in [0.2, 0.25) is 0 Å². The van der Waals surface area contributed by atoms with Crippen LogP contribution in [0.4, 0.5) is 0 Å². The van der Waals surface area contributed by atoms with Crippen LogP contribution in [0.1, 0.15) is 38.9 Å². The van der Waals surface area contributed by atoms with Crippen LogP contribution in [0.25, 0.3) is 11.0 Å². The number of imidazole rings is 1. The Hall–Kier alpha value is -1.35. The lowest BCUT2D eigenvalue weighted by molar-refractivity contribution is 0.338. The Kier molecular flexibility index (Phi) is 3.79. The smallest absolute Gasteiger partial charge is 0.111 e. The molecule has 1 aromatic heterocycles. The van der Waals surface area contributed by atoms with Crippen LogP contribution in [-0.4, -0.2) is 15.6 Å². The molecule has 0 spiro atoms. The van der Waals surface area contributed by atoms with Crippen molar-refractivity contribution < 1.29 is 0 Å². The van der Waals surface area contributed by atoms with Crippen LogP contribution in [0.3, 0.4) is 0 Å². The Bertz CT molecular complexity index is 587. The lowest BCUT2D eigenvalue weighted by Gasteiger charge is -2.23. The fourth-order valence-electron chi connectivity index (χ4n) is 3.81. The molecule has 2 aromatic rings. The number of fused-ring (bicyclic) bond motifs is 1. The Morgan fingerprint density at radius 1 is 1.35 bits per heavy atom. The second-order valence-corrected chi connectivity index (χ2v) is 6.20. The average molecular weight is 271 g/mol. The van der Waals surface area contributed by atoms with E-state index in [1.807, 2.05) is 0 Å². The van der Waals surface area contributed by atoms with Gasteiger partial charge in [-0.05, 0) is 37.3 Å². The van der Waals surface area contributed by atoms with Gasteiger partial charge < -0.3 is 10.3 Å². The summed E-state index contributed by atoms with van der Waals surface area (Å²) in [7, 11) is 0. The van der Waals surface area contributed by atoms with Crippen LogP contribution in [0, 0.1) is 11.8 Å². The number of nitrogens with two attached hydrogens (primary N) is 1. The molecule has 1 saturated carbocycles. The van der Waals surface area contributed by atoms with Gasteiger partial charge in [0.1, 0.15) is 5.82 Å². The van der Waals surface area contributed by atoms with Crippen molar-refractivity contribution in [2.45, 2.75) is 52.1 Å². The molecule has 0 bridgehead atoms. The molecule has 20 heavy (non-hydrogen) atoms. The quantitative estimate of drug-likeness (QED) is 0.926. The van der Waals surface area contributed by atoms with Crippen molar-refractivity contribution in [1.29, 1.82) is 0 Å². The van der Waals surface area contributed by atoms with Gasteiger partial charge >= 0.3 is 0 Å². The molecular weight excluding hydrogens is 246 g/mol. The third-order valence-corrected chi connectivity index (χ3v) is 4.95. The number of hydrogen-bond donors (Lipinski definition) is 1. The molecule has 3 unspecified atom stereocenters. The Morgan fingerprint density at radius 3 is 2.85 bits per heavy atom. The van der Waals surface area contributed by atoms with E-state index in [4.69, 9.17) is 10.7 Å². The van der Waals surface area contributed by atoms with Gasteiger partial charge in [-0.15, -0.1) is 0 Å². The summed E-state index contributed by atoms with van der Waals surface area (Å²) in [4.78, 5) is 4.80. The summed E-state index contributed by atoms with van der Waals surface area (Å²) >= 11 is 0. The highest BCUT2D eigenvalue weighted by Gasteiger charge is 2.29. The van der Waals surface area contributed by atoms with Crippen molar-refractivity contribution in [3.8, 4) is 0 Å². The molecule has 0 aliphatic heterocycles. The van der Waals surface area contributed by atoms with Crippen LogP contribution in [0.5, 0.6) is 0 Å². The van der Waals surface area contributed by atoms with E-state index in [1.54, 1.807) is 0 Å². The van der Waals surface area contributed by atoms with Gasteiger partial charge in [-0.3, -0.25) is 0 Å². The van der Waals surface area contributed by atoms with Crippen LogP contribution in [-0.2, 0) is 13.0 Å². The van der Waals surface area contributed by atoms with Gasteiger partial charge in [-0.1, -0.05) is 31.9 Å².